The number of anilines is 3. The van der Waals surface area contributed by atoms with Gasteiger partial charge in [-0.25, -0.2) is 0 Å². The fourth-order valence-electron chi connectivity index (χ4n) is 6.81. The summed E-state index contributed by atoms with van der Waals surface area (Å²) in [4.78, 5) is 6.64. The Kier molecular flexibility index (Phi) is 6.14. The van der Waals surface area contributed by atoms with Crippen molar-refractivity contribution in [1.29, 1.82) is 0 Å². The lowest BCUT2D eigenvalue weighted by atomic mass is 9.97. The summed E-state index contributed by atoms with van der Waals surface area (Å²) >= 11 is 0. The van der Waals surface area contributed by atoms with E-state index >= 15 is 0 Å². The molecular formula is C43H28N2O. The topological polar surface area (TPSA) is 29.3 Å². The van der Waals surface area contributed by atoms with Gasteiger partial charge in [-0.2, -0.15) is 0 Å². The van der Waals surface area contributed by atoms with Crippen molar-refractivity contribution in [2.24, 2.45) is 0 Å². The molecule has 0 bridgehead atoms. The highest BCUT2D eigenvalue weighted by molar-refractivity contribution is 6.13. The van der Waals surface area contributed by atoms with E-state index < -0.39 is 0 Å². The first kappa shape index (κ1) is 26.2. The third-order valence-electron chi connectivity index (χ3n) is 8.97. The SMILES string of the molecule is c1ccc2c(-c3ccc(N(c4ccc(-c5cccc6ccccc56)cc4)c4cccc5oc6cnccc6c45)cc3)cccc2c1. The number of aromatic nitrogens is 1. The van der Waals surface area contributed by atoms with Crippen LogP contribution in [-0.4, -0.2) is 4.98 Å². The number of furan rings is 1. The molecule has 9 rings (SSSR count). The van der Waals surface area contributed by atoms with Gasteiger partial charge in [-0.05, 0) is 86.3 Å². The van der Waals surface area contributed by atoms with Crippen molar-refractivity contribution in [2.45, 2.75) is 0 Å². The molecular weight excluding hydrogens is 560 g/mol. The maximum absolute atomic E-state index is 6.26. The van der Waals surface area contributed by atoms with Crippen LogP contribution in [0.3, 0.4) is 0 Å². The summed E-state index contributed by atoms with van der Waals surface area (Å²) in [5, 5.41) is 7.10. The Bertz CT molecular complexity index is 2390. The van der Waals surface area contributed by atoms with Crippen molar-refractivity contribution in [3.63, 3.8) is 0 Å². The van der Waals surface area contributed by atoms with Crippen LogP contribution in [0, 0.1) is 0 Å². The Labute approximate surface area is 266 Å². The monoisotopic (exact) mass is 588 g/mol. The molecule has 0 atom stereocenters. The van der Waals surface area contributed by atoms with E-state index in [9.17, 15) is 0 Å². The van der Waals surface area contributed by atoms with E-state index in [1.54, 1.807) is 6.20 Å². The van der Waals surface area contributed by atoms with E-state index in [1.807, 2.05) is 18.3 Å². The summed E-state index contributed by atoms with van der Waals surface area (Å²) in [6.07, 6.45) is 3.62. The molecule has 2 heterocycles. The van der Waals surface area contributed by atoms with E-state index in [0.29, 0.717) is 0 Å². The summed E-state index contributed by atoms with van der Waals surface area (Å²) < 4.78 is 6.26. The van der Waals surface area contributed by atoms with E-state index in [-0.39, 0.29) is 0 Å². The Hall–Kier alpha value is -6.19. The van der Waals surface area contributed by atoms with Crippen LogP contribution >= 0.6 is 0 Å². The molecule has 7 aromatic carbocycles. The Morgan fingerprint density at radius 1 is 0.435 bits per heavy atom. The van der Waals surface area contributed by atoms with Crippen LogP contribution in [-0.2, 0) is 0 Å². The van der Waals surface area contributed by atoms with Gasteiger partial charge in [0.05, 0.1) is 17.3 Å². The Balaban J connectivity index is 1.21. The summed E-state index contributed by atoms with van der Waals surface area (Å²) in [6.45, 7) is 0. The summed E-state index contributed by atoms with van der Waals surface area (Å²) in [5.41, 5.74) is 9.63. The van der Waals surface area contributed by atoms with Gasteiger partial charge in [0, 0.05) is 23.0 Å². The van der Waals surface area contributed by atoms with Crippen molar-refractivity contribution in [3.8, 4) is 22.3 Å². The van der Waals surface area contributed by atoms with E-state index in [1.165, 1.54) is 43.8 Å². The highest BCUT2D eigenvalue weighted by Gasteiger charge is 2.20. The predicted molar refractivity (Wildman–Crippen MR) is 192 cm³/mol. The van der Waals surface area contributed by atoms with Crippen molar-refractivity contribution in [1.82, 2.24) is 4.98 Å². The molecule has 9 aromatic rings. The number of hydrogen-bond donors (Lipinski definition) is 0. The van der Waals surface area contributed by atoms with Crippen molar-refractivity contribution >= 4 is 60.5 Å². The molecule has 0 aliphatic carbocycles. The molecule has 0 spiro atoms. The molecule has 0 unspecified atom stereocenters. The number of rotatable bonds is 5. The van der Waals surface area contributed by atoms with Gasteiger partial charge in [-0.3, -0.25) is 4.98 Å². The lowest BCUT2D eigenvalue weighted by molar-refractivity contribution is 0.667. The highest BCUT2D eigenvalue weighted by atomic mass is 16.3. The lowest BCUT2D eigenvalue weighted by Gasteiger charge is -2.27. The van der Waals surface area contributed by atoms with Crippen LogP contribution in [0.15, 0.2) is 175 Å². The molecule has 0 saturated heterocycles. The minimum atomic E-state index is 0.780. The second-order valence-corrected chi connectivity index (χ2v) is 11.6. The molecule has 0 aliphatic heterocycles. The average Bonchev–Trinajstić information content (AvgIpc) is 3.51. The summed E-state index contributed by atoms with van der Waals surface area (Å²) in [7, 11) is 0. The molecule has 216 valence electrons. The van der Waals surface area contributed by atoms with E-state index in [4.69, 9.17) is 4.42 Å². The zero-order valence-corrected chi connectivity index (χ0v) is 25.0. The molecule has 0 amide bonds. The number of pyridine rings is 1. The summed E-state index contributed by atoms with van der Waals surface area (Å²) in [6, 6.07) is 56.2. The third kappa shape index (κ3) is 4.33. The van der Waals surface area contributed by atoms with Gasteiger partial charge in [-0.1, -0.05) is 115 Å². The van der Waals surface area contributed by atoms with Crippen molar-refractivity contribution in [2.75, 3.05) is 4.90 Å². The predicted octanol–water partition coefficient (Wildman–Crippen LogP) is 12.1. The average molecular weight is 589 g/mol. The summed E-state index contributed by atoms with van der Waals surface area (Å²) in [5.74, 6) is 0. The maximum atomic E-state index is 6.26. The van der Waals surface area contributed by atoms with Gasteiger partial charge < -0.3 is 9.32 Å². The normalized spacial score (nSPS) is 11.5. The molecule has 2 aromatic heterocycles. The fraction of sp³-hybridized carbons (Fsp3) is 0. The largest absolute Gasteiger partial charge is 0.454 e. The Morgan fingerprint density at radius 3 is 1.59 bits per heavy atom. The molecule has 3 nitrogen and oxygen atoms in total. The molecule has 0 saturated carbocycles. The van der Waals surface area contributed by atoms with Crippen LogP contribution in [0.2, 0.25) is 0 Å². The highest BCUT2D eigenvalue weighted by Crippen LogP contribution is 2.44. The van der Waals surface area contributed by atoms with Gasteiger partial charge >= 0.3 is 0 Å². The van der Waals surface area contributed by atoms with Gasteiger partial charge in [-0.15, -0.1) is 0 Å². The zero-order chi connectivity index (χ0) is 30.5. The van der Waals surface area contributed by atoms with Crippen molar-refractivity contribution in [3.05, 3.63) is 170 Å². The van der Waals surface area contributed by atoms with E-state index in [2.05, 4.69) is 155 Å². The van der Waals surface area contributed by atoms with Gasteiger partial charge in [0.2, 0.25) is 0 Å². The maximum Gasteiger partial charge on any atom is 0.153 e. The molecule has 0 radical (unpaired) electrons. The van der Waals surface area contributed by atoms with Crippen LogP contribution in [0.4, 0.5) is 17.1 Å². The molecule has 3 heteroatoms. The van der Waals surface area contributed by atoms with E-state index in [0.717, 1.165) is 39.0 Å². The van der Waals surface area contributed by atoms with Crippen LogP contribution in [0.5, 0.6) is 0 Å². The third-order valence-corrected chi connectivity index (χ3v) is 8.97. The first-order valence-corrected chi connectivity index (χ1v) is 15.5. The second kappa shape index (κ2) is 10.8. The second-order valence-electron chi connectivity index (χ2n) is 11.6. The van der Waals surface area contributed by atoms with Crippen molar-refractivity contribution < 1.29 is 4.42 Å². The quantitative estimate of drug-likeness (QED) is 0.200. The molecule has 0 N–H and O–H groups in total. The van der Waals surface area contributed by atoms with Gasteiger partial charge in [0.15, 0.2) is 5.58 Å². The minimum absolute atomic E-state index is 0.780. The number of hydrogen-bond acceptors (Lipinski definition) is 3. The first-order valence-electron chi connectivity index (χ1n) is 15.5. The minimum Gasteiger partial charge on any atom is -0.454 e. The standard InChI is InChI=1S/C43H28N2O/c1-3-12-35-29(8-1)10-5-14-37(35)31-18-22-33(23-19-31)45(40-16-7-17-41-43(40)39-26-27-44-28-42(39)46-41)34-24-20-32(21-25-34)38-15-6-11-30-9-2-4-13-36(30)38/h1-28H. The molecule has 46 heavy (non-hydrogen) atoms. The van der Waals surface area contributed by atoms with Gasteiger partial charge in [0.25, 0.3) is 0 Å². The number of nitrogens with zero attached hydrogens (tertiary/aromatic N) is 2. The smallest absolute Gasteiger partial charge is 0.153 e. The molecule has 0 aliphatic rings. The van der Waals surface area contributed by atoms with Crippen LogP contribution in [0.1, 0.15) is 0 Å². The fourth-order valence-corrected chi connectivity index (χ4v) is 6.81. The number of benzene rings is 7. The Morgan fingerprint density at radius 2 is 0.978 bits per heavy atom. The van der Waals surface area contributed by atoms with Gasteiger partial charge in [0.1, 0.15) is 5.58 Å². The van der Waals surface area contributed by atoms with Crippen LogP contribution in [0.25, 0.3) is 65.7 Å². The zero-order valence-electron chi connectivity index (χ0n) is 25.0. The lowest BCUT2D eigenvalue weighted by Crippen LogP contribution is -2.10. The number of fused-ring (bicyclic) bond motifs is 5. The first-order chi connectivity index (χ1) is 22.8. The van der Waals surface area contributed by atoms with Crippen LogP contribution < -0.4 is 4.90 Å². The molecule has 0 fully saturated rings.